The van der Waals surface area contributed by atoms with E-state index in [2.05, 4.69) is 5.32 Å². The van der Waals surface area contributed by atoms with Crippen molar-refractivity contribution in [2.75, 3.05) is 12.3 Å². The van der Waals surface area contributed by atoms with Gasteiger partial charge in [0.05, 0.1) is 0 Å². The van der Waals surface area contributed by atoms with Crippen LogP contribution in [0.4, 0.5) is 4.39 Å². The predicted octanol–water partition coefficient (Wildman–Crippen LogP) is 4.99. The Kier molecular flexibility index (Phi) is 8.26. The molecule has 3 nitrogen and oxygen atoms in total. The minimum atomic E-state index is -0.549. The van der Waals surface area contributed by atoms with Gasteiger partial charge in [-0.05, 0) is 48.7 Å². The number of benzene rings is 2. The molecule has 1 atom stereocenters. The van der Waals surface area contributed by atoms with Crippen molar-refractivity contribution in [3.8, 4) is 5.75 Å². The summed E-state index contributed by atoms with van der Waals surface area (Å²) in [6, 6.07) is 12.1. The van der Waals surface area contributed by atoms with Gasteiger partial charge in [-0.25, -0.2) is 4.39 Å². The molecule has 0 heterocycles. The van der Waals surface area contributed by atoms with Gasteiger partial charge in [0.2, 0.25) is 0 Å². The second-order valence-electron chi connectivity index (χ2n) is 5.86. The van der Waals surface area contributed by atoms with E-state index in [1.165, 1.54) is 6.07 Å². The maximum atomic E-state index is 13.5. The number of thioether (sulfide) groups is 1. The summed E-state index contributed by atoms with van der Waals surface area (Å²) in [4.78, 5) is 12.3. The summed E-state index contributed by atoms with van der Waals surface area (Å²) in [7, 11) is 0. The quantitative estimate of drug-likeness (QED) is 0.607. The molecule has 0 aliphatic carbocycles. The van der Waals surface area contributed by atoms with Crippen molar-refractivity contribution in [3.05, 3.63) is 64.4 Å². The second-order valence-corrected chi connectivity index (χ2v) is 7.37. The first-order valence-electron chi connectivity index (χ1n) is 8.53. The molecule has 0 radical (unpaired) electrons. The van der Waals surface area contributed by atoms with Crippen molar-refractivity contribution in [1.29, 1.82) is 0 Å². The van der Waals surface area contributed by atoms with Gasteiger partial charge in [0.1, 0.15) is 11.6 Å². The monoisotopic (exact) mass is 395 g/mol. The Morgan fingerprint density at radius 1 is 1.31 bits per heavy atom. The van der Waals surface area contributed by atoms with Crippen LogP contribution in [0.15, 0.2) is 42.5 Å². The summed E-state index contributed by atoms with van der Waals surface area (Å²) in [5, 5.41) is 3.54. The molecule has 0 saturated heterocycles. The lowest BCUT2D eigenvalue weighted by Gasteiger charge is -2.17. The summed E-state index contributed by atoms with van der Waals surface area (Å²) in [6.07, 6.45) is 0.0164. The first-order valence-corrected chi connectivity index (χ1v) is 10.1. The van der Waals surface area contributed by atoms with E-state index >= 15 is 0 Å². The van der Waals surface area contributed by atoms with Crippen molar-refractivity contribution in [3.63, 3.8) is 0 Å². The highest BCUT2D eigenvalue weighted by molar-refractivity contribution is 7.98. The normalized spacial score (nSPS) is 11.8. The van der Waals surface area contributed by atoms with Crippen LogP contribution in [0.1, 0.15) is 24.5 Å². The van der Waals surface area contributed by atoms with Crippen LogP contribution in [-0.2, 0) is 10.5 Å². The van der Waals surface area contributed by atoms with E-state index in [1.54, 1.807) is 36.0 Å². The standard InChI is InChI=1S/C20H23ClFNO2S/c1-3-19(25-16-8-9-17(21)14(2)12-16)20(24)23-10-11-26-13-15-6-4-5-7-18(15)22/h4-9,12,19H,3,10-11,13H2,1-2H3,(H,23,24)/t19-/m1/s1. The van der Waals surface area contributed by atoms with Crippen LogP contribution in [0, 0.1) is 12.7 Å². The number of carbonyl (C=O) groups excluding carboxylic acids is 1. The lowest BCUT2D eigenvalue weighted by atomic mass is 10.2. The topological polar surface area (TPSA) is 38.3 Å². The fourth-order valence-corrected chi connectivity index (χ4v) is 3.30. The highest BCUT2D eigenvalue weighted by atomic mass is 35.5. The molecule has 0 unspecified atom stereocenters. The molecule has 1 N–H and O–H groups in total. The molecule has 0 aliphatic rings. The lowest BCUT2D eigenvalue weighted by Crippen LogP contribution is -2.39. The predicted molar refractivity (Wildman–Crippen MR) is 106 cm³/mol. The van der Waals surface area contributed by atoms with Crippen LogP contribution in [0.5, 0.6) is 5.75 Å². The van der Waals surface area contributed by atoms with E-state index in [1.807, 2.05) is 26.0 Å². The molecule has 0 aliphatic heterocycles. The van der Waals surface area contributed by atoms with Crippen LogP contribution >= 0.6 is 23.4 Å². The van der Waals surface area contributed by atoms with E-state index < -0.39 is 6.10 Å². The fourth-order valence-electron chi connectivity index (χ4n) is 2.33. The van der Waals surface area contributed by atoms with Gasteiger partial charge < -0.3 is 10.1 Å². The minimum absolute atomic E-state index is 0.147. The summed E-state index contributed by atoms with van der Waals surface area (Å²) in [5.74, 6) is 1.58. The van der Waals surface area contributed by atoms with Crippen molar-refractivity contribution in [2.45, 2.75) is 32.1 Å². The molecule has 0 spiro atoms. The Morgan fingerprint density at radius 3 is 2.77 bits per heavy atom. The Balaban J connectivity index is 1.74. The van der Waals surface area contributed by atoms with E-state index in [-0.39, 0.29) is 11.7 Å². The van der Waals surface area contributed by atoms with Crippen molar-refractivity contribution < 1.29 is 13.9 Å². The first-order chi connectivity index (χ1) is 12.5. The number of hydrogen-bond donors (Lipinski definition) is 1. The third-order valence-electron chi connectivity index (χ3n) is 3.83. The van der Waals surface area contributed by atoms with Crippen LogP contribution in [0.2, 0.25) is 5.02 Å². The smallest absolute Gasteiger partial charge is 0.261 e. The van der Waals surface area contributed by atoms with E-state index in [9.17, 15) is 9.18 Å². The molecule has 2 rings (SSSR count). The van der Waals surface area contributed by atoms with E-state index in [4.69, 9.17) is 16.3 Å². The molecular weight excluding hydrogens is 373 g/mol. The zero-order valence-corrected chi connectivity index (χ0v) is 16.5. The van der Waals surface area contributed by atoms with Gasteiger partial charge in [-0.2, -0.15) is 11.8 Å². The van der Waals surface area contributed by atoms with Crippen LogP contribution in [0.3, 0.4) is 0 Å². The maximum Gasteiger partial charge on any atom is 0.261 e. The number of rotatable bonds is 9. The molecule has 6 heteroatoms. The third kappa shape index (κ3) is 6.22. The van der Waals surface area contributed by atoms with Gasteiger partial charge in [0.25, 0.3) is 5.91 Å². The minimum Gasteiger partial charge on any atom is -0.481 e. The molecule has 0 fully saturated rings. The number of nitrogens with one attached hydrogen (secondary N) is 1. The summed E-state index contributed by atoms with van der Waals surface area (Å²) in [6.45, 7) is 4.31. The van der Waals surface area contributed by atoms with Crippen LogP contribution < -0.4 is 10.1 Å². The van der Waals surface area contributed by atoms with Crippen molar-refractivity contribution in [2.24, 2.45) is 0 Å². The van der Waals surface area contributed by atoms with Crippen molar-refractivity contribution in [1.82, 2.24) is 5.32 Å². The average molecular weight is 396 g/mol. The Bertz CT molecular complexity index is 742. The van der Waals surface area contributed by atoms with Crippen LogP contribution in [-0.4, -0.2) is 24.3 Å². The van der Waals surface area contributed by atoms with Crippen LogP contribution in [0.25, 0.3) is 0 Å². The highest BCUT2D eigenvalue weighted by Crippen LogP contribution is 2.22. The number of aryl methyl sites for hydroxylation is 1. The molecule has 2 aromatic rings. The number of halogens is 2. The zero-order chi connectivity index (χ0) is 18.9. The highest BCUT2D eigenvalue weighted by Gasteiger charge is 2.18. The van der Waals surface area contributed by atoms with Gasteiger partial charge in [0, 0.05) is 23.1 Å². The molecule has 0 saturated carbocycles. The Hall–Kier alpha value is -1.72. The lowest BCUT2D eigenvalue weighted by molar-refractivity contribution is -0.127. The van der Waals surface area contributed by atoms with Gasteiger partial charge in [-0.15, -0.1) is 0 Å². The molecule has 0 bridgehead atoms. The SMILES string of the molecule is CC[C@@H](Oc1ccc(Cl)c(C)c1)C(=O)NCCSCc1ccccc1F. The van der Waals surface area contributed by atoms with Gasteiger partial charge in [0.15, 0.2) is 6.10 Å². The van der Waals surface area contributed by atoms with E-state index in [0.717, 1.165) is 5.56 Å². The number of amides is 1. The number of ether oxygens (including phenoxy) is 1. The second kappa shape index (κ2) is 10.4. The largest absolute Gasteiger partial charge is 0.481 e. The van der Waals surface area contributed by atoms with Gasteiger partial charge in [-0.1, -0.05) is 36.7 Å². The Morgan fingerprint density at radius 2 is 2.08 bits per heavy atom. The molecule has 2 aromatic carbocycles. The third-order valence-corrected chi connectivity index (χ3v) is 5.26. The molecule has 0 aromatic heterocycles. The molecule has 1 amide bonds. The summed E-state index contributed by atoms with van der Waals surface area (Å²) < 4.78 is 19.3. The molecule has 140 valence electrons. The summed E-state index contributed by atoms with van der Waals surface area (Å²) >= 11 is 7.58. The fraction of sp³-hybridized carbons (Fsp3) is 0.350. The average Bonchev–Trinajstić information content (AvgIpc) is 2.63. The first kappa shape index (κ1) is 20.6. The van der Waals surface area contributed by atoms with Gasteiger partial charge >= 0.3 is 0 Å². The number of carbonyl (C=O) groups is 1. The maximum absolute atomic E-state index is 13.5. The van der Waals surface area contributed by atoms with E-state index in [0.29, 0.717) is 40.8 Å². The molecular formula is C20H23ClFNO2S. The van der Waals surface area contributed by atoms with Crippen molar-refractivity contribution >= 4 is 29.3 Å². The molecule has 26 heavy (non-hydrogen) atoms. The number of hydrogen-bond acceptors (Lipinski definition) is 3. The zero-order valence-electron chi connectivity index (χ0n) is 14.9. The van der Waals surface area contributed by atoms with Gasteiger partial charge in [-0.3, -0.25) is 4.79 Å². The summed E-state index contributed by atoms with van der Waals surface area (Å²) in [5.41, 5.74) is 1.58. The Labute approximate surface area is 163 Å².